The van der Waals surface area contributed by atoms with Crippen molar-refractivity contribution in [3.8, 4) is 0 Å². The molecule has 1 aliphatic heterocycles. The Labute approximate surface area is 144 Å². The molecule has 3 rings (SSSR count). The summed E-state index contributed by atoms with van der Waals surface area (Å²) in [6.07, 6.45) is 3.98. The van der Waals surface area contributed by atoms with Crippen LogP contribution in [-0.4, -0.2) is 11.7 Å². The van der Waals surface area contributed by atoms with Gasteiger partial charge >= 0.3 is 0 Å². The highest BCUT2D eigenvalue weighted by Crippen LogP contribution is 2.40. The number of hydrogen-bond donors (Lipinski definition) is 1. The quantitative estimate of drug-likeness (QED) is 0.875. The van der Waals surface area contributed by atoms with Gasteiger partial charge in [0.2, 0.25) is 0 Å². The van der Waals surface area contributed by atoms with Gasteiger partial charge in [0.1, 0.15) is 5.76 Å². The molecule has 0 bridgehead atoms. The van der Waals surface area contributed by atoms with E-state index in [0.717, 1.165) is 46.2 Å². The molecule has 1 N–H and O–H groups in total. The number of allylic oxidation sites excluding steroid dienone is 1. The van der Waals surface area contributed by atoms with E-state index in [1.54, 1.807) is 0 Å². The van der Waals surface area contributed by atoms with Gasteiger partial charge in [-0.15, -0.1) is 0 Å². The van der Waals surface area contributed by atoms with Crippen molar-refractivity contribution in [2.45, 2.75) is 46.1 Å². The van der Waals surface area contributed by atoms with E-state index < -0.39 is 5.60 Å². The average Bonchev–Trinajstić information content (AvgIpc) is 2.53. The highest BCUT2D eigenvalue weighted by atomic mass is 16.5. The van der Waals surface area contributed by atoms with Gasteiger partial charge in [-0.25, -0.2) is 0 Å². The van der Waals surface area contributed by atoms with Gasteiger partial charge in [-0.3, -0.25) is 0 Å². The standard InChI is InChI=1S/C22H26O2/c1-15-9-16(2)12-19(11-15)22(23,21-7-5-6-8-24-21)20-13-17(3)10-18(4)14-20/h7,9-14,23H,5-6,8H2,1-4H3. The Morgan fingerprint density at radius 1 is 0.792 bits per heavy atom. The number of benzene rings is 2. The molecular formula is C22H26O2. The number of aliphatic hydroxyl groups is 1. The predicted octanol–water partition coefficient (Wildman–Crippen LogP) is 4.85. The van der Waals surface area contributed by atoms with E-state index in [1.807, 2.05) is 6.08 Å². The predicted molar refractivity (Wildman–Crippen MR) is 98.1 cm³/mol. The normalized spacial score (nSPS) is 15.0. The van der Waals surface area contributed by atoms with E-state index >= 15 is 0 Å². The molecule has 0 amide bonds. The molecule has 0 radical (unpaired) electrons. The Balaban J connectivity index is 2.26. The first-order chi connectivity index (χ1) is 11.4. The lowest BCUT2D eigenvalue weighted by Crippen LogP contribution is -2.33. The summed E-state index contributed by atoms with van der Waals surface area (Å²) >= 11 is 0. The lowest BCUT2D eigenvalue weighted by atomic mass is 9.81. The highest BCUT2D eigenvalue weighted by Gasteiger charge is 2.39. The van der Waals surface area contributed by atoms with Crippen LogP contribution >= 0.6 is 0 Å². The molecule has 2 heteroatoms. The molecule has 2 aromatic rings. The van der Waals surface area contributed by atoms with Crippen LogP contribution in [-0.2, 0) is 10.3 Å². The lowest BCUT2D eigenvalue weighted by Gasteiger charge is -2.34. The molecule has 2 nitrogen and oxygen atoms in total. The van der Waals surface area contributed by atoms with Crippen LogP contribution in [0, 0.1) is 27.7 Å². The van der Waals surface area contributed by atoms with Crippen molar-refractivity contribution < 1.29 is 9.84 Å². The second-order valence-electron chi connectivity index (χ2n) is 7.02. The minimum absolute atomic E-state index is 0.656. The van der Waals surface area contributed by atoms with Gasteiger partial charge in [0.25, 0.3) is 0 Å². The summed E-state index contributed by atoms with van der Waals surface area (Å²) in [5.41, 5.74) is 5.08. The van der Waals surface area contributed by atoms with E-state index in [0.29, 0.717) is 12.4 Å². The minimum Gasteiger partial charge on any atom is -0.494 e. The average molecular weight is 322 g/mol. The Hall–Kier alpha value is -2.06. The zero-order chi connectivity index (χ0) is 17.3. The first-order valence-electron chi connectivity index (χ1n) is 8.63. The van der Waals surface area contributed by atoms with Crippen LogP contribution in [0.5, 0.6) is 0 Å². The van der Waals surface area contributed by atoms with Gasteiger partial charge in [0.15, 0.2) is 5.60 Å². The zero-order valence-corrected chi connectivity index (χ0v) is 15.0. The number of aryl methyl sites for hydroxylation is 4. The maximum absolute atomic E-state index is 11.9. The largest absolute Gasteiger partial charge is 0.494 e. The SMILES string of the molecule is Cc1cc(C)cc(C(O)(C2=CCCCO2)c2cc(C)cc(C)c2)c1. The summed E-state index contributed by atoms with van der Waals surface area (Å²) in [5.74, 6) is 0.656. The Morgan fingerprint density at radius 3 is 1.62 bits per heavy atom. The van der Waals surface area contributed by atoms with Crippen LogP contribution in [0.4, 0.5) is 0 Å². The number of hydrogen-bond acceptors (Lipinski definition) is 2. The summed E-state index contributed by atoms with van der Waals surface area (Å²) < 4.78 is 5.92. The molecule has 0 aliphatic carbocycles. The van der Waals surface area contributed by atoms with Crippen molar-refractivity contribution in [2.24, 2.45) is 0 Å². The van der Waals surface area contributed by atoms with Crippen molar-refractivity contribution in [3.63, 3.8) is 0 Å². The summed E-state index contributed by atoms with van der Waals surface area (Å²) in [6, 6.07) is 12.5. The van der Waals surface area contributed by atoms with E-state index in [2.05, 4.69) is 64.1 Å². The van der Waals surface area contributed by atoms with Crippen molar-refractivity contribution in [1.29, 1.82) is 0 Å². The summed E-state index contributed by atoms with van der Waals surface area (Å²) in [6.45, 7) is 8.91. The van der Waals surface area contributed by atoms with E-state index in [4.69, 9.17) is 4.74 Å². The lowest BCUT2D eigenvalue weighted by molar-refractivity contribution is 0.0314. The number of ether oxygens (including phenoxy) is 1. The van der Waals surface area contributed by atoms with Crippen LogP contribution in [0.3, 0.4) is 0 Å². The van der Waals surface area contributed by atoms with Gasteiger partial charge in [-0.2, -0.15) is 0 Å². The van der Waals surface area contributed by atoms with Gasteiger partial charge in [0, 0.05) is 0 Å². The molecule has 1 heterocycles. The van der Waals surface area contributed by atoms with E-state index in [9.17, 15) is 5.11 Å². The molecule has 0 spiro atoms. The summed E-state index contributed by atoms with van der Waals surface area (Å²) in [5, 5.41) is 11.9. The van der Waals surface area contributed by atoms with Crippen LogP contribution in [0.1, 0.15) is 46.2 Å². The molecular weight excluding hydrogens is 296 g/mol. The Bertz CT molecular complexity index is 695. The van der Waals surface area contributed by atoms with Crippen molar-refractivity contribution in [1.82, 2.24) is 0 Å². The van der Waals surface area contributed by atoms with Crippen LogP contribution < -0.4 is 0 Å². The molecule has 0 atom stereocenters. The fourth-order valence-electron chi connectivity index (χ4n) is 3.63. The molecule has 1 aliphatic rings. The topological polar surface area (TPSA) is 29.5 Å². The minimum atomic E-state index is -1.24. The number of rotatable bonds is 3. The molecule has 0 aromatic heterocycles. The highest BCUT2D eigenvalue weighted by molar-refractivity contribution is 5.48. The maximum Gasteiger partial charge on any atom is 0.172 e. The van der Waals surface area contributed by atoms with Crippen LogP contribution in [0.15, 0.2) is 48.2 Å². The zero-order valence-electron chi connectivity index (χ0n) is 15.0. The molecule has 2 aromatic carbocycles. The second kappa shape index (κ2) is 6.45. The molecule has 0 fully saturated rings. The van der Waals surface area contributed by atoms with Gasteiger partial charge in [-0.05, 0) is 57.7 Å². The van der Waals surface area contributed by atoms with Crippen molar-refractivity contribution in [3.05, 3.63) is 81.6 Å². The van der Waals surface area contributed by atoms with Gasteiger partial charge < -0.3 is 9.84 Å². The van der Waals surface area contributed by atoms with E-state index in [-0.39, 0.29) is 0 Å². The second-order valence-corrected chi connectivity index (χ2v) is 7.02. The van der Waals surface area contributed by atoms with Crippen LogP contribution in [0.2, 0.25) is 0 Å². The fourth-order valence-corrected chi connectivity index (χ4v) is 3.63. The molecule has 24 heavy (non-hydrogen) atoms. The third-order valence-electron chi connectivity index (χ3n) is 4.57. The fraction of sp³-hybridized carbons (Fsp3) is 0.364. The Morgan fingerprint density at radius 2 is 1.25 bits per heavy atom. The summed E-state index contributed by atoms with van der Waals surface area (Å²) in [7, 11) is 0. The van der Waals surface area contributed by atoms with E-state index in [1.165, 1.54) is 0 Å². The third kappa shape index (κ3) is 3.11. The van der Waals surface area contributed by atoms with Gasteiger partial charge in [0.05, 0.1) is 6.61 Å². The first-order valence-corrected chi connectivity index (χ1v) is 8.63. The summed E-state index contributed by atoms with van der Waals surface area (Å²) in [4.78, 5) is 0. The first kappa shape index (κ1) is 16.8. The van der Waals surface area contributed by atoms with Crippen molar-refractivity contribution >= 4 is 0 Å². The van der Waals surface area contributed by atoms with Crippen molar-refractivity contribution in [2.75, 3.05) is 6.61 Å². The van der Waals surface area contributed by atoms with Crippen LogP contribution in [0.25, 0.3) is 0 Å². The third-order valence-corrected chi connectivity index (χ3v) is 4.57. The smallest absolute Gasteiger partial charge is 0.172 e. The monoisotopic (exact) mass is 322 g/mol. The molecule has 0 saturated heterocycles. The molecule has 0 saturated carbocycles. The molecule has 126 valence electrons. The molecule has 0 unspecified atom stereocenters. The Kier molecular flexibility index (Phi) is 4.51. The maximum atomic E-state index is 11.9. The van der Waals surface area contributed by atoms with Gasteiger partial charge in [-0.1, -0.05) is 58.7 Å².